The first-order valence-corrected chi connectivity index (χ1v) is 9.19. The number of rotatable bonds is 5. The molecule has 2 aromatic carbocycles. The van der Waals surface area contributed by atoms with Gasteiger partial charge in [0.2, 0.25) is 11.8 Å². The van der Waals surface area contributed by atoms with Crippen molar-refractivity contribution >= 4 is 23.4 Å². The van der Waals surface area contributed by atoms with Crippen molar-refractivity contribution in [3.63, 3.8) is 0 Å². The Morgan fingerprint density at radius 1 is 1.00 bits per heavy atom. The van der Waals surface area contributed by atoms with Crippen LogP contribution in [0, 0.1) is 0 Å². The van der Waals surface area contributed by atoms with Gasteiger partial charge in [-0.3, -0.25) is 19.8 Å². The zero-order chi connectivity index (χ0) is 18.8. The van der Waals surface area contributed by atoms with Gasteiger partial charge < -0.3 is 4.90 Å². The van der Waals surface area contributed by atoms with Crippen LogP contribution in [0.25, 0.3) is 0 Å². The summed E-state index contributed by atoms with van der Waals surface area (Å²) in [5, 5.41) is 1.25. The second-order valence-electron chi connectivity index (χ2n) is 6.96. The summed E-state index contributed by atoms with van der Waals surface area (Å²) in [6.07, 6.45) is 2.47. The molecule has 0 aromatic heterocycles. The highest BCUT2D eigenvalue weighted by Crippen LogP contribution is 2.30. The number of hydrogen-bond acceptors (Lipinski definition) is 3. The van der Waals surface area contributed by atoms with Gasteiger partial charge in [-0.25, -0.2) is 5.01 Å². The molecule has 2 aliphatic rings. The number of carbonyl (C=O) groups excluding carboxylic acids is 3. The fourth-order valence-corrected chi connectivity index (χ4v) is 3.24. The Hall–Kier alpha value is -3.15. The minimum atomic E-state index is -0.183. The molecule has 0 spiro atoms. The second-order valence-corrected chi connectivity index (χ2v) is 6.96. The van der Waals surface area contributed by atoms with Crippen molar-refractivity contribution in [2.45, 2.75) is 38.3 Å². The third-order valence-electron chi connectivity index (χ3n) is 4.87. The lowest BCUT2D eigenvalue weighted by Crippen LogP contribution is -2.50. The zero-order valence-corrected chi connectivity index (χ0v) is 14.9. The van der Waals surface area contributed by atoms with E-state index in [9.17, 15) is 14.4 Å². The van der Waals surface area contributed by atoms with E-state index >= 15 is 0 Å². The van der Waals surface area contributed by atoms with Crippen LogP contribution in [0.3, 0.4) is 0 Å². The quantitative estimate of drug-likeness (QED) is 0.888. The van der Waals surface area contributed by atoms with Crippen LogP contribution in [0.15, 0.2) is 54.6 Å². The highest BCUT2D eigenvalue weighted by Gasteiger charge is 2.33. The Kier molecular flexibility index (Phi) is 4.62. The van der Waals surface area contributed by atoms with Gasteiger partial charge in [0, 0.05) is 31.0 Å². The summed E-state index contributed by atoms with van der Waals surface area (Å²) < 4.78 is 0. The predicted octanol–water partition coefficient (Wildman–Crippen LogP) is 2.65. The van der Waals surface area contributed by atoms with Crippen molar-refractivity contribution < 1.29 is 14.4 Å². The molecular weight excluding hydrogens is 342 g/mol. The fourth-order valence-electron chi connectivity index (χ4n) is 3.24. The molecule has 2 aromatic rings. The molecule has 4 rings (SSSR count). The molecule has 0 radical (unpaired) electrons. The van der Waals surface area contributed by atoms with Crippen LogP contribution in [-0.4, -0.2) is 28.7 Å². The van der Waals surface area contributed by atoms with Gasteiger partial charge in [-0.2, -0.15) is 0 Å². The first-order valence-electron chi connectivity index (χ1n) is 9.19. The Bertz CT molecular complexity index is 860. The van der Waals surface area contributed by atoms with Crippen molar-refractivity contribution in [3.8, 4) is 0 Å². The maximum absolute atomic E-state index is 13.0. The third kappa shape index (κ3) is 3.84. The van der Waals surface area contributed by atoms with E-state index in [-0.39, 0.29) is 30.6 Å². The molecule has 1 saturated heterocycles. The minimum Gasteiger partial charge on any atom is -0.331 e. The smallest absolute Gasteiger partial charge is 0.254 e. The molecule has 2 fully saturated rings. The van der Waals surface area contributed by atoms with Gasteiger partial charge in [-0.1, -0.05) is 30.3 Å². The number of carbonyl (C=O) groups is 3. The molecule has 0 atom stereocenters. The van der Waals surface area contributed by atoms with E-state index in [1.54, 1.807) is 24.3 Å². The normalized spacial score (nSPS) is 16.8. The standard InChI is InChI=1S/C21H21N3O3/c25-19-12-13-20(26)24(22-19)18-8-6-16(7-9-18)21(27)23(17-10-11-17)14-15-4-2-1-3-5-15/h1-9,17H,10-14H2,(H,22,25). The number of nitrogens with zero attached hydrogens (tertiary/aromatic N) is 2. The van der Waals surface area contributed by atoms with E-state index in [0.29, 0.717) is 23.8 Å². The SMILES string of the molecule is O=C1CCC(=O)N(c2ccc(C(=O)N(Cc3ccccc3)C3CC3)cc2)N1. The Balaban J connectivity index is 1.51. The largest absolute Gasteiger partial charge is 0.331 e. The van der Waals surface area contributed by atoms with Crippen molar-refractivity contribution in [1.82, 2.24) is 10.3 Å². The number of hydrazine groups is 1. The Labute approximate surface area is 157 Å². The van der Waals surface area contributed by atoms with E-state index in [4.69, 9.17) is 0 Å². The molecule has 1 saturated carbocycles. The molecule has 1 heterocycles. The molecule has 27 heavy (non-hydrogen) atoms. The molecule has 3 amide bonds. The Morgan fingerprint density at radius 2 is 1.70 bits per heavy atom. The maximum atomic E-state index is 13.0. The molecule has 0 bridgehead atoms. The summed E-state index contributed by atoms with van der Waals surface area (Å²) >= 11 is 0. The van der Waals surface area contributed by atoms with E-state index < -0.39 is 0 Å². The lowest BCUT2D eigenvalue weighted by molar-refractivity contribution is -0.130. The maximum Gasteiger partial charge on any atom is 0.254 e. The zero-order valence-electron chi connectivity index (χ0n) is 14.9. The molecular formula is C21H21N3O3. The average molecular weight is 363 g/mol. The molecule has 1 aliphatic heterocycles. The molecule has 1 aliphatic carbocycles. The van der Waals surface area contributed by atoms with Crippen LogP contribution in [-0.2, 0) is 16.1 Å². The van der Waals surface area contributed by atoms with Crippen molar-refractivity contribution in [3.05, 3.63) is 65.7 Å². The van der Waals surface area contributed by atoms with E-state index in [2.05, 4.69) is 5.43 Å². The molecule has 0 unspecified atom stereocenters. The third-order valence-corrected chi connectivity index (χ3v) is 4.87. The second kappa shape index (κ2) is 7.23. The van der Waals surface area contributed by atoms with Gasteiger partial charge in [0.1, 0.15) is 0 Å². The number of benzene rings is 2. The summed E-state index contributed by atoms with van der Waals surface area (Å²) in [7, 11) is 0. The van der Waals surface area contributed by atoms with Gasteiger partial charge in [0.05, 0.1) is 5.69 Å². The first kappa shape index (κ1) is 17.3. The number of hydrogen-bond donors (Lipinski definition) is 1. The summed E-state index contributed by atoms with van der Waals surface area (Å²) in [6.45, 7) is 0.590. The van der Waals surface area contributed by atoms with Crippen LogP contribution in [0.2, 0.25) is 0 Å². The first-order chi connectivity index (χ1) is 13.1. The van der Waals surface area contributed by atoms with Crippen molar-refractivity contribution in [2.24, 2.45) is 0 Å². The lowest BCUT2D eigenvalue weighted by atomic mass is 10.1. The topological polar surface area (TPSA) is 69.7 Å². The average Bonchev–Trinajstić information content (AvgIpc) is 3.54. The molecule has 138 valence electrons. The predicted molar refractivity (Wildman–Crippen MR) is 101 cm³/mol. The van der Waals surface area contributed by atoms with E-state index in [0.717, 1.165) is 18.4 Å². The van der Waals surface area contributed by atoms with Gasteiger partial charge in [-0.05, 0) is 42.7 Å². The van der Waals surface area contributed by atoms with Crippen molar-refractivity contribution in [2.75, 3.05) is 5.01 Å². The van der Waals surface area contributed by atoms with Crippen LogP contribution < -0.4 is 10.4 Å². The monoisotopic (exact) mass is 363 g/mol. The molecule has 6 nitrogen and oxygen atoms in total. The summed E-state index contributed by atoms with van der Waals surface area (Å²) in [6, 6.07) is 17.1. The van der Waals surface area contributed by atoms with Gasteiger partial charge in [-0.15, -0.1) is 0 Å². The fraction of sp³-hybridized carbons (Fsp3) is 0.286. The van der Waals surface area contributed by atoms with Crippen molar-refractivity contribution in [1.29, 1.82) is 0 Å². The highest BCUT2D eigenvalue weighted by molar-refractivity contribution is 6.01. The van der Waals surface area contributed by atoms with E-state index in [1.165, 1.54) is 5.01 Å². The summed E-state index contributed by atoms with van der Waals surface area (Å²) in [5.41, 5.74) is 4.81. The van der Waals surface area contributed by atoms with Crippen LogP contribution in [0.4, 0.5) is 5.69 Å². The molecule has 6 heteroatoms. The summed E-state index contributed by atoms with van der Waals surface area (Å²) in [5.74, 6) is -0.350. The Morgan fingerprint density at radius 3 is 2.37 bits per heavy atom. The lowest BCUT2D eigenvalue weighted by Gasteiger charge is -2.27. The number of amides is 3. The van der Waals surface area contributed by atoms with Gasteiger partial charge in [0.15, 0.2) is 0 Å². The number of anilines is 1. The van der Waals surface area contributed by atoms with Gasteiger partial charge >= 0.3 is 0 Å². The molecule has 1 N–H and O–H groups in total. The van der Waals surface area contributed by atoms with Crippen LogP contribution in [0.1, 0.15) is 41.6 Å². The van der Waals surface area contributed by atoms with E-state index in [1.807, 2.05) is 35.2 Å². The van der Waals surface area contributed by atoms with Gasteiger partial charge in [0.25, 0.3) is 5.91 Å². The minimum absolute atomic E-state index is 0.0121. The number of nitrogens with one attached hydrogen (secondary N) is 1. The highest BCUT2D eigenvalue weighted by atomic mass is 16.2. The van der Waals surface area contributed by atoms with Crippen LogP contribution >= 0.6 is 0 Å². The summed E-state index contributed by atoms with van der Waals surface area (Å²) in [4.78, 5) is 38.5. The van der Waals surface area contributed by atoms with Crippen LogP contribution in [0.5, 0.6) is 0 Å².